The molecule has 1 saturated heterocycles. The van der Waals surface area contributed by atoms with E-state index in [4.69, 9.17) is 4.84 Å². The van der Waals surface area contributed by atoms with Crippen molar-refractivity contribution < 1.29 is 27.9 Å². The lowest BCUT2D eigenvalue weighted by molar-refractivity contribution is -0.149. The van der Waals surface area contributed by atoms with Crippen LogP contribution in [0.2, 0.25) is 0 Å². The van der Waals surface area contributed by atoms with Gasteiger partial charge in [0.15, 0.2) is 0 Å². The van der Waals surface area contributed by atoms with Gasteiger partial charge in [0.05, 0.1) is 17.2 Å². The highest BCUT2D eigenvalue weighted by Gasteiger charge is 2.43. The highest BCUT2D eigenvalue weighted by atomic mass is 19.4. The lowest BCUT2D eigenvalue weighted by atomic mass is 9.81. The number of halogens is 3. The lowest BCUT2D eigenvalue weighted by Crippen LogP contribution is -2.52. The number of rotatable bonds is 9. The first-order valence-corrected chi connectivity index (χ1v) is 13.6. The summed E-state index contributed by atoms with van der Waals surface area (Å²) in [5, 5.41) is 13.4. The van der Waals surface area contributed by atoms with E-state index in [0.717, 1.165) is 50.5 Å². The van der Waals surface area contributed by atoms with E-state index < -0.39 is 17.7 Å². The molecule has 0 spiro atoms. The molecule has 1 N–H and O–H groups in total. The molecule has 2 aliphatic carbocycles. The minimum atomic E-state index is -4.40. The first-order valence-electron chi connectivity index (χ1n) is 13.6. The van der Waals surface area contributed by atoms with Gasteiger partial charge in [-0.1, -0.05) is 60.8 Å². The number of likely N-dealkylation sites (tertiary alicyclic amines) is 1. The second-order valence-electron chi connectivity index (χ2n) is 11.1. The Kier molecular flexibility index (Phi) is 7.80. The third kappa shape index (κ3) is 6.06. The van der Waals surface area contributed by atoms with Crippen LogP contribution in [0.15, 0.2) is 47.6 Å². The largest absolute Gasteiger partial charge is 0.481 e. The Bertz CT molecular complexity index is 1160. The number of aliphatic carboxylic acids is 1. The topological polar surface area (TPSA) is 62.1 Å². The Labute approximate surface area is 221 Å². The molecule has 1 unspecified atom stereocenters. The summed E-state index contributed by atoms with van der Waals surface area (Å²) < 4.78 is 41.5. The zero-order chi connectivity index (χ0) is 26.9. The molecule has 2 aromatic rings. The summed E-state index contributed by atoms with van der Waals surface area (Å²) in [6.45, 7) is 2.95. The quantitative estimate of drug-likeness (QED) is 0.277. The maximum atomic E-state index is 13.8. The predicted octanol–water partition coefficient (Wildman–Crippen LogP) is 7.16. The van der Waals surface area contributed by atoms with Crippen LogP contribution in [0.25, 0.3) is 0 Å². The van der Waals surface area contributed by atoms with Crippen LogP contribution >= 0.6 is 0 Å². The third-order valence-corrected chi connectivity index (χ3v) is 8.29. The van der Waals surface area contributed by atoms with E-state index in [0.29, 0.717) is 35.8 Å². The highest BCUT2D eigenvalue weighted by Crippen LogP contribution is 2.47. The average molecular weight is 529 g/mol. The zero-order valence-electron chi connectivity index (χ0n) is 21.7. The van der Waals surface area contributed by atoms with E-state index in [-0.39, 0.29) is 24.5 Å². The van der Waals surface area contributed by atoms with Crippen LogP contribution in [0.5, 0.6) is 0 Å². The molecule has 3 fully saturated rings. The van der Waals surface area contributed by atoms with Crippen LogP contribution in [0.4, 0.5) is 13.2 Å². The summed E-state index contributed by atoms with van der Waals surface area (Å²) in [6.07, 6.45) is 2.59. The second-order valence-corrected chi connectivity index (χ2v) is 11.1. The Hall–Kier alpha value is -2.87. The number of nitrogens with zero attached hydrogens (tertiary/aromatic N) is 2. The Balaban J connectivity index is 1.22. The minimum Gasteiger partial charge on any atom is -0.481 e. The summed E-state index contributed by atoms with van der Waals surface area (Å²) >= 11 is 0. The smallest absolute Gasteiger partial charge is 0.416 e. The van der Waals surface area contributed by atoms with Gasteiger partial charge in [-0.25, -0.2) is 0 Å². The van der Waals surface area contributed by atoms with Crippen molar-refractivity contribution >= 4 is 11.7 Å². The van der Waals surface area contributed by atoms with Gasteiger partial charge >= 0.3 is 12.1 Å². The number of carboxylic acids is 1. The molecule has 204 valence electrons. The predicted molar refractivity (Wildman–Crippen MR) is 139 cm³/mol. The molecule has 0 bridgehead atoms. The molecule has 2 aromatic carbocycles. The van der Waals surface area contributed by atoms with Gasteiger partial charge in [0.1, 0.15) is 6.61 Å². The Morgan fingerprint density at radius 1 is 1.05 bits per heavy atom. The number of hydrogen-bond donors (Lipinski definition) is 1. The molecular weight excluding hydrogens is 493 g/mol. The van der Waals surface area contributed by atoms with Gasteiger partial charge in [-0.15, -0.1) is 0 Å². The summed E-state index contributed by atoms with van der Waals surface area (Å²) in [4.78, 5) is 18.9. The minimum absolute atomic E-state index is 0.0298. The van der Waals surface area contributed by atoms with Crippen molar-refractivity contribution in [2.75, 3.05) is 13.1 Å². The van der Waals surface area contributed by atoms with Gasteiger partial charge in [0, 0.05) is 19.1 Å². The fourth-order valence-corrected chi connectivity index (χ4v) is 5.98. The molecule has 5 nitrogen and oxygen atoms in total. The van der Waals surface area contributed by atoms with E-state index in [2.05, 4.69) is 22.2 Å². The fraction of sp³-hybridized carbons (Fsp3) is 0.533. The third-order valence-electron chi connectivity index (χ3n) is 8.29. The van der Waals surface area contributed by atoms with Crippen molar-refractivity contribution in [2.45, 2.75) is 76.6 Å². The van der Waals surface area contributed by atoms with Crippen molar-refractivity contribution in [3.63, 3.8) is 0 Å². The monoisotopic (exact) mass is 528 g/mol. The molecule has 1 heterocycles. The van der Waals surface area contributed by atoms with Gasteiger partial charge in [0.2, 0.25) is 0 Å². The number of oxime groups is 1. The molecular formula is C30H35F3N2O3. The fourth-order valence-electron chi connectivity index (χ4n) is 5.98. The van der Waals surface area contributed by atoms with Crippen molar-refractivity contribution in [1.82, 2.24) is 4.90 Å². The molecule has 38 heavy (non-hydrogen) atoms. The molecule has 1 atom stereocenters. The number of carbonyl (C=O) groups is 1. The van der Waals surface area contributed by atoms with Crippen LogP contribution in [-0.2, 0) is 22.4 Å². The first kappa shape index (κ1) is 26.7. The van der Waals surface area contributed by atoms with Gasteiger partial charge in [-0.05, 0) is 72.8 Å². The molecule has 0 amide bonds. The van der Waals surface area contributed by atoms with E-state index in [1.165, 1.54) is 11.6 Å². The van der Waals surface area contributed by atoms with E-state index in [9.17, 15) is 23.1 Å². The van der Waals surface area contributed by atoms with Crippen LogP contribution in [-0.4, -0.2) is 34.8 Å². The van der Waals surface area contributed by atoms with E-state index in [1.54, 1.807) is 12.1 Å². The molecule has 8 heteroatoms. The van der Waals surface area contributed by atoms with Gasteiger partial charge < -0.3 is 9.94 Å². The molecule has 1 aliphatic heterocycles. The summed E-state index contributed by atoms with van der Waals surface area (Å²) in [6, 6.07) is 12.9. The number of hydrogen-bond acceptors (Lipinski definition) is 4. The van der Waals surface area contributed by atoms with Gasteiger partial charge in [-0.3, -0.25) is 9.69 Å². The summed E-state index contributed by atoms with van der Waals surface area (Å²) in [5.41, 5.74) is 2.99. The number of carboxylic acid groups (broad SMARTS) is 1. The molecule has 5 rings (SSSR count). The first-order chi connectivity index (χ1) is 18.2. The molecule has 2 saturated carbocycles. The van der Waals surface area contributed by atoms with Crippen LogP contribution < -0.4 is 0 Å². The van der Waals surface area contributed by atoms with Crippen LogP contribution in [0.1, 0.15) is 91.6 Å². The van der Waals surface area contributed by atoms with E-state index >= 15 is 0 Å². The number of benzene rings is 2. The molecule has 0 radical (unpaired) electrons. The molecule has 0 aromatic heterocycles. The Morgan fingerprint density at radius 2 is 1.74 bits per heavy atom. The Morgan fingerprint density at radius 3 is 2.34 bits per heavy atom. The lowest BCUT2D eigenvalue weighted by Gasteiger charge is -2.43. The standard InChI is InChI=1S/C30H35F3N2O3/c1-19(21-8-10-23(11-9-21)28(24-12-13-24)35-16-25(17-35)29(36)37)34-38-18-20-7-14-26(22-5-3-2-4-6-22)27(15-20)30(31,32)33/h7-11,14-15,22,24-25,28H,2-6,12-13,16-18H2,1H3,(H,36,37). The molecule has 3 aliphatic rings. The average Bonchev–Trinajstić information content (AvgIpc) is 3.71. The van der Waals surface area contributed by atoms with Crippen molar-refractivity contribution in [3.05, 3.63) is 70.3 Å². The normalized spacial score (nSPS) is 20.7. The maximum absolute atomic E-state index is 13.8. The van der Waals surface area contributed by atoms with Gasteiger partial charge in [-0.2, -0.15) is 13.2 Å². The second kappa shape index (κ2) is 11.1. The van der Waals surface area contributed by atoms with E-state index in [1.807, 2.05) is 19.1 Å². The number of alkyl halides is 3. The zero-order valence-corrected chi connectivity index (χ0v) is 21.7. The maximum Gasteiger partial charge on any atom is 0.416 e. The van der Waals surface area contributed by atoms with Gasteiger partial charge in [0.25, 0.3) is 0 Å². The van der Waals surface area contributed by atoms with Crippen LogP contribution in [0.3, 0.4) is 0 Å². The summed E-state index contributed by atoms with van der Waals surface area (Å²) in [7, 11) is 0. The SMILES string of the molecule is CC(=NOCc1ccc(C2CCCCC2)c(C(F)(F)F)c1)c1ccc(C(C2CC2)N2CC(C(=O)O)C2)cc1. The highest BCUT2D eigenvalue weighted by molar-refractivity contribution is 5.98. The summed E-state index contributed by atoms with van der Waals surface area (Å²) in [5.74, 6) is -0.469. The van der Waals surface area contributed by atoms with Crippen molar-refractivity contribution in [2.24, 2.45) is 17.0 Å². The van der Waals surface area contributed by atoms with Crippen LogP contribution in [0, 0.1) is 11.8 Å². The van der Waals surface area contributed by atoms with Crippen molar-refractivity contribution in [3.8, 4) is 0 Å². The van der Waals surface area contributed by atoms with Crippen molar-refractivity contribution in [1.29, 1.82) is 0 Å².